The van der Waals surface area contributed by atoms with Crippen molar-refractivity contribution in [3.05, 3.63) is 0 Å². The maximum Gasteiger partial charge on any atom is 0.323 e. The lowest BCUT2D eigenvalue weighted by Crippen LogP contribution is -2.50. The van der Waals surface area contributed by atoms with Crippen molar-refractivity contribution in [2.24, 2.45) is 0 Å². The molecule has 13 fully saturated rings. The zero-order chi connectivity index (χ0) is 49.9. The van der Waals surface area contributed by atoms with Crippen molar-refractivity contribution in [2.75, 3.05) is 50.7 Å². The van der Waals surface area contributed by atoms with Crippen LogP contribution in [-0.4, -0.2) is 218 Å². The molecule has 12 bridgehead atoms. The van der Waals surface area contributed by atoms with E-state index in [9.17, 15) is 0 Å². The first-order valence-electron chi connectivity index (χ1n) is 27.8. The third-order valence-electron chi connectivity index (χ3n) is 19.7. The Balaban J connectivity index is 0.000000892. The Kier molecular flexibility index (Phi) is 15.1. The molecule has 0 radical (unpaired) electrons. The van der Waals surface area contributed by atoms with Gasteiger partial charge in [0.05, 0.1) is 123 Å². The Hall–Kier alpha value is -3.22. The minimum absolute atomic E-state index is 0.0405. The number of hydrogen-bond donors (Lipinski definition) is 0. The molecule has 72 heavy (non-hydrogen) atoms. The molecule has 0 spiro atoms. The molecule has 7 heterocycles. The minimum Gasteiger partial charge on any atom is -0.302 e. The Labute approximate surface area is 445 Å². The van der Waals surface area contributed by atoms with Gasteiger partial charge in [0.15, 0.2) is 0 Å². The third kappa shape index (κ3) is 8.65. The number of urea groups is 6. The summed E-state index contributed by atoms with van der Waals surface area (Å²) in [5.41, 5.74) is 0. The van der Waals surface area contributed by atoms with Gasteiger partial charge in [-0.05, 0) is 77.0 Å². The molecule has 400 valence electrons. The van der Waals surface area contributed by atoms with E-state index in [2.05, 4.69) is 0 Å². The number of carbonyl (C=O) groups excluding carboxylic acids is 6. The summed E-state index contributed by atoms with van der Waals surface area (Å²) in [4.78, 5) is 114. The molecule has 13 rings (SSSR count). The predicted molar refractivity (Wildman–Crippen MR) is 273 cm³/mol. The lowest BCUT2D eigenvalue weighted by molar-refractivity contribution is 0.110. The molecule has 6 saturated carbocycles. The molecule has 6 aliphatic carbocycles. The highest BCUT2D eigenvalue weighted by Gasteiger charge is 2.59. The van der Waals surface area contributed by atoms with Crippen molar-refractivity contribution >= 4 is 82.6 Å². The molecular formula is C50H76Cl4N12O6. The first kappa shape index (κ1) is 50.9. The van der Waals surface area contributed by atoms with E-state index in [1.54, 1.807) is 0 Å². The van der Waals surface area contributed by atoms with Gasteiger partial charge in [0.2, 0.25) is 0 Å². The Morgan fingerprint density at radius 3 is 0.389 bits per heavy atom. The number of nitrogens with zero attached hydrogens (tertiary/aromatic N) is 12. The maximum absolute atomic E-state index is 15.0. The van der Waals surface area contributed by atoms with Gasteiger partial charge in [0.1, 0.15) is 0 Å². The van der Waals surface area contributed by atoms with Crippen LogP contribution in [-0.2, 0) is 0 Å². The third-order valence-corrected chi connectivity index (χ3v) is 19.7. The molecule has 18 nitrogen and oxygen atoms in total. The van der Waals surface area contributed by atoms with Crippen LogP contribution in [0.1, 0.15) is 154 Å². The summed E-state index contributed by atoms with van der Waals surface area (Å²) in [5.74, 6) is 0. The van der Waals surface area contributed by atoms with E-state index in [1.165, 1.54) is 0 Å². The van der Waals surface area contributed by atoms with Crippen molar-refractivity contribution in [1.29, 1.82) is 0 Å². The number of hydrogen-bond acceptors (Lipinski definition) is 6. The van der Waals surface area contributed by atoms with Gasteiger partial charge in [-0.25, -0.2) is 28.8 Å². The molecule has 13 aliphatic rings. The highest BCUT2D eigenvalue weighted by Crippen LogP contribution is 2.45. The summed E-state index contributed by atoms with van der Waals surface area (Å²) in [6.07, 6.45) is 22.7. The van der Waals surface area contributed by atoms with Gasteiger partial charge in [-0.1, -0.05) is 77.0 Å². The van der Waals surface area contributed by atoms with Crippen LogP contribution in [0.5, 0.6) is 0 Å². The Morgan fingerprint density at radius 2 is 0.306 bits per heavy atom. The zero-order valence-corrected chi connectivity index (χ0v) is 44.9. The van der Waals surface area contributed by atoms with Crippen LogP contribution in [0.25, 0.3) is 0 Å². The molecule has 0 unspecified atom stereocenters. The van der Waals surface area contributed by atoms with Crippen LogP contribution < -0.4 is 0 Å². The van der Waals surface area contributed by atoms with E-state index in [-0.39, 0.29) is 159 Å². The second kappa shape index (κ2) is 21.4. The summed E-state index contributed by atoms with van der Waals surface area (Å²) in [6, 6.07) is -0.991. The van der Waals surface area contributed by atoms with E-state index in [4.69, 9.17) is 46.4 Å². The monoisotopic (exact) mass is 1080 g/mol. The summed E-state index contributed by atoms with van der Waals surface area (Å²) in [7, 11) is 0. The first-order valence-corrected chi connectivity index (χ1v) is 29.9. The van der Waals surface area contributed by atoms with E-state index < -0.39 is 0 Å². The molecule has 12 amide bonds. The van der Waals surface area contributed by atoms with Crippen molar-refractivity contribution in [3.63, 3.8) is 0 Å². The fraction of sp³-hybridized carbons (Fsp3) is 0.880. The molecule has 7 saturated heterocycles. The number of carbonyl (C=O) groups is 6. The molecule has 0 aromatic carbocycles. The average Bonchev–Trinajstić information content (AvgIpc) is 4.15. The molecule has 0 N–H and O–H groups in total. The van der Waals surface area contributed by atoms with Crippen LogP contribution in [0, 0.1) is 0 Å². The van der Waals surface area contributed by atoms with Crippen LogP contribution in [0.3, 0.4) is 0 Å². The number of amides is 12. The second-order valence-corrected chi connectivity index (χ2v) is 24.5. The van der Waals surface area contributed by atoms with Crippen LogP contribution >= 0.6 is 46.4 Å². The minimum atomic E-state index is -0.0841. The molecular weight excluding hydrogens is 1010 g/mol. The maximum atomic E-state index is 15.0. The first-order chi connectivity index (χ1) is 35.1. The van der Waals surface area contributed by atoms with Gasteiger partial charge < -0.3 is 58.8 Å². The van der Waals surface area contributed by atoms with Crippen molar-refractivity contribution in [1.82, 2.24) is 58.8 Å². The highest BCUT2D eigenvalue weighted by atomic mass is 35.5. The zero-order valence-electron chi connectivity index (χ0n) is 41.9. The van der Waals surface area contributed by atoms with E-state index in [0.29, 0.717) is 0 Å². The smallest absolute Gasteiger partial charge is 0.302 e. The van der Waals surface area contributed by atoms with E-state index >= 15 is 28.8 Å². The van der Waals surface area contributed by atoms with Gasteiger partial charge in [-0.3, -0.25) is 0 Å². The van der Waals surface area contributed by atoms with Crippen LogP contribution in [0.4, 0.5) is 28.8 Å². The Morgan fingerprint density at radius 1 is 0.222 bits per heavy atom. The van der Waals surface area contributed by atoms with Crippen LogP contribution in [0.15, 0.2) is 0 Å². The van der Waals surface area contributed by atoms with Crippen molar-refractivity contribution in [3.8, 4) is 0 Å². The Bertz CT molecular complexity index is 1590. The molecule has 0 aromatic rings. The van der Waals surface area contributed by atoms with E-state index in [1.807, 2.05) is 58.8 Å². The number of fused-ring (bicyclic) bond motifs is 30. The molecule has 0 aromatic heterocycles. The standard InChI is InChI=1S/C48H72N12O6.2CH2Cl2/c61-43-49-25-51-33-15-3-4-16-34(33)53(44(51)62)27-55-37-19-7-8-20-38(37)57(46(55)64)29-59-41-23-11-12-24-42(41)60(48(59)66)30-58-40-22-10-9-21-39(40)56(47(58)65)28-54-36-18-6-5-17-35(36)52(45(54)63)26-50(43)32-14-2-1-13-31(32)49;2*2-1-3/h31-42H,1-30H2;2*1H2/t31-,32+,33-,34+,35+,36-,37+,38-,39-,40+,41-,42+;;. The molecule has 7 aliphatic heterocycles. The average molecular weight is 1080 g/mol. The van der Waals surface area contributed by atoms with Gasteiger partial charge in [-0.2, -0.15) is 0 Å². The van der Waals surface area contributed by atoms with Gasteiger partial charge in [-0.15, -0.1) is 46.4 Å². The highest BCUT2D eigenvalue weighted by molar-refractivity contribution is 6.41. The van der Waals surface area contributed by atoms with Crippen molar-refractivity contribution in [2.45, 2.75) is 227 Å². The lowest BCUT2D eigenvalue weighted by Gasteiger charge is -2.37. The largest absolute Gasteiger partial charge is 0.323 e. The summed E-state index contributed by atoms with van der Waals surface area (Å²) in [5, 5.41) is 0.389. The SMILES string of the molecule is ClCCl.ClCCl.O=C1N2CN3C(=O)N(CN4C(=O)N(CN5C(=O)N(CN6C(=O)N(CN7C(=O)N(CN1[C@H]1CCCC[C@H]12)[C@H]1CCCC[C@H]17)[C@@H]1CCCC[C@@H]16)[C@H]1CCCC[C@H]15)[C@@H]1CCCC[C@@H]14)[C@H]1CCCC[C@H]13. The summed E-state index contributed by atoms with van der Waals surface area (Å²) < 4.78 is 0. The fourth-order valence-electron chi connectivity index (χ4n) is 16.6. The van der Waals surface area contributed by atoms with E-state index in [0.717, 1.165) is 154 Å². The lowest BCUT2D eigenvalue weighted by atomic mass is 9.89. The predicted octanol–water partition coefficient (Wildman–Crippen LogP) is 8.88. The fourth-order valence-corrected chi connectivity index (χ4v) is 16.6. The number of alkyl halides is 4. The summed E-state index contributed by atoms with van der Waals surface area (Å²) >= 11 is 19.1. The van der Waals surface area contributed by atoms with Crippen molar-refractivity contribution < 1.29 is 28.8 Å². The van der Waals surface area contributed by atoms with Gasteiger partial charge >= 0.3 is 36.2 Å². The molecule has 22 heteroatoms. The topological polar surface area (TPSA) is 141 Å². The van der Waals surface area contributed by atoms with Gasteiger partial charge in [0, 0.05) is 0 Å². The second-order valence-electron chi connectivity index (χ2n) is 22.9. The van der Waals surface area contributed by atoms with Gasteiger partial charge in [0.25, 0.3) is 0 Å². The number of halogens is 4. The number of rotatable bonds is 0. The normalized spacial score (nSPS) is 37.7. The summed E-state index contributed by atoms with van der Waals surface area (Å²) in [6.45, 7) is 1.32. The molecule has 12 atom stereocenters. The van der Waals surface area contributed by atoms with Crippen LogP contribution in [0.2, 0.25) is 0 Å². The quantitative estimate of drug-likeness (QED) is 0.222.